The molecule has 0 radical (unpaired) electrons. The average Bonchev–Trinajstić information content (AvgIpc) is 3.70. The summed E-state index contributed by atoms with van der Waals surface area (Å²) in [6, 6.07) is 6.66. The Morgan fingerprint density at radius 3 is 2.50 bits per heavy atom. The van der Waals surface area contributed by atoms with Crippen molar-refractivity contribution in [2.45, 2.75) is 45.6 Å². The van der Waals surface area contributed by atoms with Gasteiger partial charge in [0.05, 0.1) is 14.2 Å². The molecule has 1 aliphatic carbocycles. The van der Waals surface area contributed by atoms with Crippen LogP contribution in [0.1, 0.15) is 45.1 Å². The number of carbonyl (C=O) groups excluding carboxylic acids is 1. The monoisotopic (exact) mass is 458 g/mol. The van der Waals surface area contributed by atoms with Crippen molar-refractivity contribution in [1.29, 1.82) is 0 Å². The molecule has 0 spiro atoms. The van der Waals surface area contributed by atoms with Crippen LogP contribution in [0, 0.1) is 5.92 Å². The smallest absolute Gasteiger partial charge is 0.255 e. The summed E-state index contributed by atoms with van der Waals surface area (Å²) in [5.74, 6) is 1.54. The first-order valence-electron chi connectivity index (χ1n) is 12.3. The summed E-state index contributed by atoms with van der Waals surface area (Å²) in [4.78, 5) is 18.0. The largest absolute Gasteiger partial charge is 0.493 e. The highest BCUT2D eigenvalue weighted by atomic mass is 16.5. The van der Waals surface area contributed by atoms with Crippen LogP contribution >= 0.6 is 0 Å². The second-order valence-corrected chi connectivity index (χ2v) is 9.72. The van der Waals surface area contributed by atoms with Crippen molar-refractivity contribution in [3.63, 3.8) is 0 Å². The zero-order valence-corrected chi connectivity index (χ0v) is 20.6. The summed E-state index contributed by atoms with van der Waals surface area (Å²) in [6.45, 7) is 6.41. The molecular formula is C29H34N2O3. The second kappa shape index (κ2) is 9.30. The average molecular weight is 459 g/mol. The maximum atomic E-state index is 13.6. The van der Waals surface area contributed by atoms with E-state index < -0.39 is 0 Å². The molecule has 1 saturated carbocycles. The number of hydrogen-bond acceptors (Lipinski definition) is 4. The number of fused-ring (bicyclic) bond motifs is 1. The molecule has 1 aromatic rings. The van der Waals surface area contributed by atoms with Crippen molar-refractivity contribution in [3.8, 4) is 11.5 Å². The summed E-state index contributed by atoms with van der Waals surface area (Å²) in [7, 11) is 3.27. The highest BCUT2D eigenvalue weighted by molar-refractivity contribution is 5.98. The summed E-state index contributed by atoms with van der Waals surface area (Å²) >= 11 is 0. The maximum Gasteiger partial charge on any atom is 0.255 e. The van der Waals surface area contributed by atoms with Crippen LogP contribution in [-0.4, -0.2) is 49.1 Å². The SMILES string of the molecule is COc1ccc(C2=CC(=O)N3C=C(C4=CCN(C5CC5)CC4)C=C(C)C3=CCC2C)cc1OC. The molecule has 5 heteroatoms. The van der Waals surface area contributed by atoms with Gasteiger partial charge in [-0.1, -0.05) is 25.1 Å². The topological polar surface area (TPSA) is 42.0 Å². The molecule has 1 aromatic carbocycles. The van der Waals surface area contributed by atoms with E-state index in [2.05, 4.69) is 37.0 Å². The lowest BCUT2D eigenvalue weighted by atomic mass is 9.87. The van der Waals surface area contributed by atoms with Gasteiger partial charge in [-0.2, -0.15) is 0 Å². The summed E-state index contributed by atoms with van der Waals surface area (Å²) in [5.41, 5.74) is 6.65. The fourth-order valence-corrected chi connectivity index (χ4v) is 5.22. The molecule has 0 saturated heterocycles. The Balaban J connectivity index is 1.46. The second-order valence-electron chi connectivity index (χ2n) is 9.72. The molecule has 3 heterocycles. The number of carbonyl (C=O) groups is 1. The quantitative estimate of drug-likeness (QED) is 0.586. The van der Waals surface area contributed by atoms with E-state index in [1.807, 2.05) is 29.3 Å². The van der Waals surface area contributed by atoms with Gasteiger partial charge >= 0.3 is 0 Å². The molecule has 3 aliphatic heterocycles. The van der Waals surface area contributed by atoms with E-state index >= 15 is 0 Å². The van der Waals surface area contributed by atoms with Gasteiger partial charge in [0.1, 0.15) is 0 Å². The van der Waals surface area contributed by atoms with E-state index in [4.69, 9.17) is 9.47 Å². The van der Waals surface area contributed by atoms with E-state index in [0.717, 1.165) is 60.0 Å². The van der Waals surface area contributed by atoms with Crippen LogP contribution < -0.4 is 9.47 Å². The summed E-state index contributed by atoms with van der Waals surface area (Å²) < 4.78 is 10.9. The van der Waals surface area contributed by atoms with Gasteiger partial charge in [-0.25, -0.2) is 0 Å². The lowest BCUT2D eigenvalue weighted by Crippen LogP contribution is -2.32. The maximum absolute atomic E-state index is 13.6. The first-order valence-corrected chi connectivity index (χ1v) is 12.3. The Hall–Kier alpha value is -3.05. The lowest BCUT2D eigenvalue weighted by Gasteiger charge is -2.32. The third-order valence-corrected chi connectivity index (χ3v) is 7.41. The van der Waals surface area contributed by atoms with Gasteiger partial charge in [0, 0.05) is 37.1 Å². The van der Waals surface area contributed by atoms with Gasteiger partial charge in [0.25, 0.3) is 5.91 Å². The zero-order valence-electron chi connectivity index (χ0n) is 20.6. The van der Waals surface area contributed by atoms with Crippen molar-refractivity contribution in [3.05, 3.63) is 76.7 Å². The molecule has 1 atom stereocenters. The minimum atomic E-state index is -0.0106. The van der Waals surface area contributed by atoms with Crippen molar-refractivity contribution >= 4 is 11.5 Å². The van der Waals surface area contributed by atoms with Gasteiger partial charge in [-0.05, 0) is 84.6 Å². The number of allylic oxidation sites excluding steroid dienone is 5. The molecule has 5 nitrogen and oxygen atoms in total. The highest BCUT2D eigenvalue weighted by Crippen LogP contribution is 2.38. The summed E-state index contributed by atoms with van der Waals surface area (Å²) in [6.07, 6.45) is 15.2. The predicted molar refractivity (Wildman–Crippen MR) is 135 cm³/mol. The van der Waals surface area contributed by atoms with Gasteiger partial charge in [0.2, 0.25) is 0 Å². The van der Waals surface area contributed by atoms with E-state index in [9.17, 15) is 4.79 Å². The van der Waals surface area contributed by atoms with Gasteiger partial charge in [-0.15, -0.1) is 0 Å². The Bertz CT molecular complexity index is 1150. The number of rotatable bonds is 5. The van der Waals surface area contributed by atoms with Crippen molar-refractivity contribution in [2.24, 2.45) is 5.92 Å². The normalized spacial score (nSPS) is 23.5. The standard InChI is InChI=1S/C29H34N2O3/c1-19-5-9-26-20(2)15-23(21-11-13-30(14-12-21)24-7-8-24)18-31(26)29(32)17-25(19)22-6-10-27(33-3)28(16-22)34-4/h6,9-11,15-19,24H,5,7-8,12-14H2,1-4H3. The van der Waals surface area contributed by atoms with Gasteiger partial charge < -0.3 is 9.47 Å². The third-order valence-electron chi connectivity index (χ3n) is 7.41. The fourth-order valence-electron chi connectivity index (χ4n) is 5.22. The van der Waals surface area contributed by atoms with Crippen molar-refractivity contribution in [2.75, 3.05) is 27.3 Å². The molecule has 4 aliphatic rings. The Labute approximate surface area is 202 Å². The minimum absolute atomic E-state index is 0.0106. The van der Waals surface area contributed by atoms with Crippen molar-refractivity contribution < 1.29 is 14.3 Å². The Kier molecular flexibility index (Phi) is 6.22. The van der Waals surface area contributed by atoms with E-state index in [-0.39, 0.29) is 11.8 Å². The van der Waals surface area contributed by atoms with Crippen molar-refractivity contribution in [1.82, 2.24) is 9.80 Å². The number of amides is 1. The highest BCUT2D eigenvalue weighted by Gasteiger charge is 2.31. The molecule has 1 amide bonds. The molecule has 34 heavy (non-hydrogen) atoms. The first kappa shape index (κ1) is 22.7. The van der Waals surface area contributed by atoms with Crippen LogP contribution in [-0.2, 0) is 4.79 Å². The number of ether oxygens (including phenoxy) is 2. The van der Waals surface area contributed by atoms with Gasteiger partial charge in [-0.3, -0.25) is 14.6 Å². The molecule has 1 fully saturated rings. The third kappa shape index (κ3) is 4.37. The molecule has 1 unspecified atom stereocenters. The summed E-state index contributed by atoms with van der Waals surface area (Å²) in [5, 5.41) is 0. The number of nitrogens with zero attached hydrogens (tertiary/aromatic N) is 2. The van der Waals surface area contributed by atoms with Gasteiger partial charge in [0.15, 0.2) is 11.5 Å². The Morgan fingerprint density at radius 2 is 1.82 bits per heavy atom. The van der Waals surface area contributed by atoms with Crippen LogP contribution in [0.15, 0.2) is 71.1 Å². The molecule has 178 valence electrons. The molecular weight excluding hydrogens is 424 g/mol. The molecule has 0 bridgehead atoms. The molecule has 0 aromatic heterocycles. The predicted octanol–water partition coefficient (Wildman–Crippen LogP) is 5.48. The first-order chi connectivity index (χ1) is 16.5. The van der Waals surface area contributed by atoms with Crippen LogP contribution in [0.25, 0.3) is 5.57 Å². The minimum Gasteiger partial charge on any atom is -0.493 e. The number of hydrogen-bond donors (Lipinski definition) is 0. The van der Waals surface area contributed by atoms with Crippen LogP contribution in [0.4, 0.5) is 0 Å². The van der Waals surface area contributed by atoms with E-state index in [1.165, 1.54) is 18.4 Å². The Morgan fingerprint density at radius 1 is 1.03 bits per heavy atom. The van der Waals surface area contributed by atoms with Crippen LogP contribution in [0.3, 0.4) is 0 Å². The van der Waals surface area contributed by atoms with Crippen LogP contribution in [0.2, 0.25) is 0 Å². The molecule has 5 rings (SSSR count). The lowest BCUT2D eigenvalue weighted by molar-refractivity contribution is -0.122. The zero-order chi connectivity index (χ0) is 23.8. The van der Waals surface area contributed by atoms with E-state index in [0.29, 0.717) is 11.5 Å². The fraction of sp³-hybridized carbons (Fsp3) is 0.414. The number of benzene rings is 1. The molecule has 0 N–H and O–H groups in total. The van der Waals surface area contributed by atoms with E-state index in [1.54, 1.807) is 20.3 Å². The number of methoxy groups -OCH3 is 2. The van der Waals surface area contributed by atoms with Crippen LogP contribution in [0.5, 0.6) is 11.5 Å².